The first kappa shape index (κ1) is 23.8. The van der Waals surface area contributed by atoms with Crippen molar-refractivity contribution in [2.45, 2.75) is 51.0 Å². The van der Waals surface area contributed by atoms with E-state index in [0.717, 1.165) is 36.8 Å². The molecule has 2 aromatic rings. The lowest BCUT2D eigenvalue weighted by atomic mass is 9.78. The topological polar surface area (TPSA) is 105 Å². The van der Waals surface area contributed by atoms with Crippen molar-refractivity contribution in [3.63, 3.8) is 0 Å². The van der Waals surface area contributed by atoms with Crippen LogP contribution >= 0.6 is 0 Å². The summed E-state index contributed by atoms with van der Waals surface area (Å²) in [5, 5.41) is 14.6. The van der Waals surface area contributed by atoms with Crippen LogP contribution in [0.15, 0.2) is 48.5 Å². The third-order valence-electron chi connectivity index (χ3n) is 6.97. The number of benzene rings is 2. The number of aliphatic carboxylic acids is 1. The highest BCUT2D eigenvalue weighted by molar-refractivity contribution is 5.80. The molecule has 7 heteroatoms. The number of alkyl carbamates (subject to hydrolysis) is 1. The Bertz CT molecular complexity index is 1010. The molecule has 1 saturated carbocycles. The Balaban J connectivity index is 1.31. The molecular formula is C27H32N2O5. The van der Waals surface area contributed by atoms with Gasteiger partial charge in [0.25, 0.3) is 0 Å². The highest BCUT2D eigenvalue weighted by Crippen LogP contribution is 2.44. The van der Waals surface area contributed by atoms with Gasteiger partial charge >= 0.3 is 12.1 Å². The molecule has 0 saturated heterocycles. The van der Waals surface area contributed by atoms with Crippen LogP contribution < -0.4 is 10.6 Å². The van der Waals surface area contributed by atoms with Crippen LogP contribution in [-0.2, 0) is 14.3 Å². The van der Waals surface area contributed by atoms with Crippen molar-refractivity contribution in [1.29, 1.82) is 0 Å². The van der Waals surface area contributed by atoms with Crippen molar-refractivity contribution in [3.05, 3.63) is 59.7 Å². The van der Waals surface area contributed by atoms with Crippen LogP contribution in [0.2, 0.25) is 0 Å². The molecule has 0 aliphatic heterocycles. The fourth-order valence-electron chi connectivity index (χ4n) is 5.32. The van der Waals surface area contributed by atoms with Gasteiger partial charge in [-0.05, 0) is 47.9 Å². The second kappa shape index (κ2) is 10.7. The molecule has 0 radical (unpaired) electrons. The summed E-state index contributed by atoms with van der Waals surface area (Å²) in [4.78, 5) is 36.2. The number of carboxylic acid groups (broad SMARTS) is 1. The predicted octanol–water partition coefficient (Wildman–Crippen LogP) is 4.31. The molecule has 3 N–H and O–H groups in total. The molecule has 34 heavy (non-hydrogen) atoms. The molecule has 0 aromatic heterocycles. The largest absolute Gasteiger partial charge is 0.481 e. The summed E-state index contributed by atoms with van der Waals surface area (Å²) in [6.07, 6.45) is 2.95. The number of carbonyl (C=O) groups is 3. The standard InChI is InChI=1S/C27H32N2O5/c1-17(14-25(30)31)29-26(32)19-9-3-2-8-18(19)15-28-27(33)34-16-24-22-12-6-4-10-20(22)21-11-5-7-13-23(21)24/h4-7,10-13,17-19,24H,2-3,8-9,14-16H2,1H3,(H,28,33)(H,29,32)(H,30,31)/t17?,18-,19-/m0/s1. The summed E-state index contributed by atoms with van der Waals surface area (Å²) in [6.45, 7) is 2.31. The van der Waals surface area contributed by atoms with Gasteiger partial charge in [-0.15, -0.1) is 0 Å². The third kappa shape index (κ3) is 5.41. The van der Waals surface area contributed by atoms with Gasteiger partial charge in [-0.2, -0.15) is 0 Å². The van der Waals surface area contributed by atoms with Crippen molar-refractivity contribution in [2.24, 2.45) is 11.8 Å². The molecule has 2 aliphatic rings. The van der Waals surface area contributed by atoms with E-state index in [0.29, 0.717) is 6.54 Å². The minimum atomic E-state index is -0.940. The zero-order valence-corrected chi connectivity index (χ0v) is 19.5. The van der Waals surface area contributed by atoms with Gasteiger partial charge in [0.05, 0.1) is 6.42 Å². The molecule has 0 heterocycles. The number of hydrogen-bond donors (Lipinski definition) is 3. The Hall–Kier alpha value is -3.35. The van der Waals surface area contributed by atoms with Crippen molar-refractivity contribution in [3.8, 4) is 11.1 Å². The lowest BCUT2D eigenvalue weighted by Gasteiger charge is -2.31. The van der Waals surface area contributed by atoms with E-state index < -0.39 is 18.1 Å². The second-order valence-corrected chi connectivity index (χ2v) is 9.36. The first-order valence-electron chi connectivity index (χ1n) is 12.0. The number of rotatable bonds is 8. The lowest BCUT2D eigenvalue weighted by molar-refractivity contribution is -0.137. The maximum absolute atomic E-state index is 12.7. The minimum Gasteiger partial charge on any atom is -0.481 e. The van der Waals surface area contributed by atoms with Gasteiger partial charge in [-0.25, -0.2) is 4.79 Å². The molecule has 2 aromatic carbocycles. The van der Waals surface area contributed by atoms with Gasteiger partial charge in [-0.1, -0.05) is 61.4 Å². The zero-order chi connectivity index (χ0) is 24.1. The number of amides is 2. The van der Waals surface area contributed by atoms with Gasteiger partial charge in [0.15, 0.2) is 0 Å². The molecule has 4 rings (SSSR count). The van der Waals surface area contributed by atoms with Crippen molar-refractivity contribution >= 4 is 18.0 Å². The average molecular weight is 465 g/mol. The van der Waals surface area contributed by atoms with Crippen LogP contribution in [0.25, 0.3) is 11.1 Å². The highest BCUT2D eigenvalue weighted by Gasteiger charge is 2.33. The first-order chi connectivity index (χ1) is 16.4. The van der Waals surface area contributed by atoms with Crippen LogP contribution in [0.1, 0.15) is 56.1 Å². The van der Waals surface area contributed by atoms with E-state index >= 15 is 0 Å². The van der Waals surface area contributed by atoms with Crippen LogP contribution in [0, 0.1) is 11.8 Å². The summed E-state index contributed by atoms with van der Waals surface area (Å²) in [6, 6.07) is 16.0. The first-order valence-corrected chi connectivity index (χ1v) is 12.0. The molecule has 1 unspecified atom stereocenters. The Labute approximate surface area is 199 Å². The van der Waals surface area contributed by atoms with E-state index in [4.69, 9.17) is 9.84 Å². The summed E-state index contributed by atoms with van der Waals surface area (Å²) in [5.41, 5.74) is 4.69. The van der Waals surface area contributed by atoms with E-state index in [-0.39, 0.29) is 36.7 Å². The summed E-state index contributed by atoms with van der Waals surface area (Å²) >= 11 is 0. The molecule has 0 spiro atoms. The highest BCUT2D eigenvalue weighted by atomic mass is 16.5. The fraction of sp³-hybridized carbons (Fsp3) is 0.444. The Kier molecular flexibility index (Phi) is 7.50. The van der Waals surface area contributed by atoms with Gasteiger partial charge in [0.1, 0.15) is 6.61 Å². The minimum absolute atomic E-state index is 0.00193. The van der Waals surface area contributed by atoms with Crippen molar-refractivity contribution in [1.82, 2.24) is 10.6 Å². The Morgan fingerprint density at radius 1 is 1.00 bits per heavy atom. The molecule has 1 fully saturated rings. The quantitative estimate of drug-likeness (QED) is 0.540. The van der Waals surface area contributed by atoms with Crippen molar-refractivity contribution < 1.29 is 24.2 Å². The van der Waals surface area contributed by atoms with E-state index in [2.05, 4.69) is 34.9 Å². The van der Waals surface area contributed by atoms with E-state index in [9.17, 15) is 14.4 Å². The smallest absolute Gasteiger partial charge is 0.407 e. The molecule has 3 atom stereocenters. The van der Waals surface area contributed by atoms with Crippen LogP contribution in [0.4, 0.5) is 4.79 Å². The summed E-state index contributed by atoms with van der Waals surface area (Å²) < 4.78 is 5.62. The molecule has 2 amide bonds. The monoisotopic (exact) mass is 464 g/mol. The van der Waals surface area contributed by atoms with Gasteiger partial charge < -0.3 is 20.5 Å². The maximum atomic E-state index is 12.7. The summed E-state index contributed by atoms with van der Waals surface area (Å²) in [5.74, 6) is -1.30. The number of carboxylic acids is 1. The van der Waals surface area contributed by atoms with E-state index in [1.54, 1.807) is 6.92 Å². The van der Waals surface area contributed by atoms with Crippen molar-refractivity contribution in [2.75, 3.05) is 13.2 Å². The third-order valence-corrected chi connectivity index (χ3v) is 6.97. The van der Waals surface area contributed by atoms with Crippen LogP contribution in [-0.4, -0.2) is 42.3 Å². The number of carbonyl (C=O) groups excluding carboxylic acids is 2. The summed E-state index contributed by atoms with van der Waals surface area (Å²) in [7, 11) is 0. The number of ether oxygens (including phenoxy) is 1. The Morgan fingerprint density at radius 3 is 2.26 bits per heavy atom. The van der Waals surface area contributed by atoms with Gasteiger partial charge in [0, 0.05) is 24.4 Å². The number of fused-ring (bicyclic) bond motifs is 3. The molecule has 7 nitrogen and oxygen atoms in total. The number of hydrogen-bond acceptors (Lipinski definition) is 4. The molecule has 0 bridgehead atoms. The zero-order valence-electron chi connectivity index (χ0n) is 19.5. The molecule has 180 valence electrons. The number of nitrogens with one attached hydrogen (secondary N) is 2. The second-order valence-electron chi connectivity index (χ2n) is 9.36. The average Bonchev–Trinajstić information content (AvgIpc) is 3.14. The van der Waals surface area contributed by atoms with Crippen LogP contribution in [0.5, 0.6) is 0 Å². The SMILES string of the molecule is CC(CC(=O)O)NC(=O)[C@H]1CCCC[C@H]1CNC(=O)OCC1c2ccccc2-c2ccccc21. The van der Waals surface area contributed by atoms with Gasteiger partial charge in [-0.3, -0.25) is 9.59 Å². The van der Waals surface area contributed by atoms with E-state index in [1.807, 2.05) is 24.3 Å². The van der Waals surface area contributed by atoms with E-state index in [1.165, 1.54) is 11.1 Å². The Morgan fingerprint density at radius 2 is 1.62 bits per heavy atom. The normalized spacial score (nSPS) is 20.0. The fourth-order valence-corrected chi connectivity index (χ4v) is 5.32. The molecule has 2 aliphatic carbocycles. The van der Waals surface area contributed by atoms with Gasteiger partial charge in [0.2, 0.25) is 5.91 Å². The maximum Gasteiger partial charge on any atom is 0.407 e. The predicted molar refractivity (Wildman–Crippen MR) is 128 cm³/mol. The lowest BCUT2D eigenvalue weighted by Crippen LogP contribution is -2.44. The molecular weight excluding hydrogens is 432 g/mol. The van der Waals surface area contributed by atoms with Crippen LogP contribution in [0.3, 0.4) is 0 Å².